The number of benzene rings is 1. The highest BCUT2D eigenvalue weighted by atomic mass is 79.9. The first-order chi connectivity index (χ1) is 8.09. The van der Waals surface area contributed by atoms with Crippen LogP contribution in [0, 0.1) is 0 Å². The SMILES string of the molecule is N[C@]12CCC(=O)NC1CCc1cc(Br)ccc12. The number of carbonyl (C=O) groups excluding carboxylic acids is 1. The van der Waals surface area contributed by atoms with Crippen LogP contribution in [0.3, 0.4) is 0 Å². The highest BCUT2D eigenvalue weighted by molar-refractivity contribution is 9.10. The van der Waals surface area contributed by atoms with E-state index in [1.807, 2.05) is 6.07 Å². The molecule has 0 spiro atoms. The van der Waals surface area contributed by atoms with Crippen LogP contribution >= 0.6 is 15.9 Å². The van der Waals surface area contributed by atoms with Crippen LogP contribution in [-0.4, -0.2) is 11.9 Å². The maximum absolute atomic E-state index is 11.5. The lowest BCUT2D eigenvalue weighted by atomic mass is 9.69. The molecule has 17 heavy (non-hydrogen) atoms. The van der Waals surface area contributed by atoms with Crippen molar-refractivity contribution in [1.82, 2.24) is 5.32 Å². The minimum Gasteiger partial charge on any atom is -0.351 e. The van der Waals surface area contributed by atoms with Gasteiger partial charge in [0.05, 0.1) is 11.6 Å². The number of nitrogens with two attached hydrogens (primary N) is 1. The molecule has 1 aromatic carbocycles. The molecule has 0 radical (unpaired) electrons. The Morgan fingerprint density at radius 2 is 2.24 bits per heavy atom. The minimum atomic E-state index is -0.373. The Kier molecular flexibility index (Phi) is 2.52. The van der Waals surface area contributed by atoms with Crippen LogP contribution in [0.1, 0.15) is 30.4 Å². The average molecular weight is 295 g/mol. The molecule has 1 saturated heterocycles. The molecule has 3 N–H and O–H groups in total. The first kappa shape index (κ1) is 11.2. The summed E-state index contributed by atoms with van der Waals surface area (Å²) in [6.07, 6.45) is 3.20. The lowest BCUT2D eigenvalue weighted by molar-refractivity contribution is -0.125. The predicted molar refractivity (Wildman–Crippen MR) is 69.5 cm³/mol. The number of hydrogen-bond donors (Lipinski definition) is 2. The molecular weight excluding hydrogens is 280 g/mol. The minimum absolute atomic E-state index is 0.0948. The Hall–Kier alpha value is -0.870. The topological polar surface area (TPSA) is 55.1 Å². The summed E-state index contributed by atoms with van der Waals surface area (Å²) >= 11 is 3.50. The van der Waals surface area contributed by atoms with Gasteiger partial charge < -0.3 is 11.1 Å². The van der Waals surface area contributed by atoms with Crippen LogP contribution in [0.2, 0.25) is 0 Å². The molecule has 4 heteroatoms. The van der Waals surface area contributed by atoms with Gasteiger partial charge >= 0.3 is 0 Å². The molecule has 0 aromatic heterocycles. The summed E-state index contributed by atoms with van der Waals surface area (Å²) in [6.45, 7) is 0. The van der Waals surface area contributed by atoms with Gasteiger partial charge in [-0.25, -0.2) is 0 Å². The third-order valence-electron chi connectivity index (χ3n) is 3.99. The number of amides is 1. The summed E-state index contributed by atoms with van der Waals surface area (Å²) < 4.78 is 1.10. The van der Waals surface area contributed by atoms with Gasteiger partial charge in [-0.2, -0.15) is 0 Å². The zero-order valence-corrected chi connectivity index (χ0v) is 11.1. The van der Waals surface area contributed by atoms with Crippen molar-refractivity contribution in [3.8, 4) is 0 Å². The smallest absolute Gasteiger partial charge is 0.220 e. The molecule has 2 aliphatic rings. The Labute approximate surface area is 109 Å². The number of halogens is 1. The van der Waals surface area contributed by atoms with Crippen LogP contribution < -0.4 is 11.1 Å². The van der Waals surface area contributed by atoms with Crippen molar-refractivity contribution in [3.05, 3.63) is 33.8 Å². The molecule has 2 atom stereocenters. The summed E-state index contributed by atoms with van der Waals surface area (Å²) in [5, 5.41) is 3.04. The molecule has 1 unspecified atom stereocenters. The number of carbonyl (C=O) groups is 1. The van der Waals surface area contributed by atoms with E-state index in [-0.39, 0.29) is 17.5 Å². The van der Waals surface area contributed by atoms with Crippen molar-refractivity contribution in [2.24, 2.45) is 5.73 Å². The van der Waals surface area contributed by atoms with E-state index >= 15 is 0 Å². The van der Waals surface area contributed by atoms with Gasteiger partial charge in [0.2, 0.25) is 5.91 Å². The molecule has 1 aliphatic carbocycles. The van der Waals surface area contributed by atoms with Crippen molar-refractivity contribution in [1.29, 1.82) is 0 Å². The van der Waals surface area contributed by atoms with Crippen molar-refractivity contribution in [3.63, 3.8) is 0 Å². The Morgan fingerprint density at radius 1 is 1.41 bits per heavy atom. The zero-order chi connectivity index (χ0) is 12.0. The molecule has 0 saturated carbocycles. The second-order valence-corrected chi connectivity index (χ2v) is 5.92. The first-order valence-corrected chi connectivity index (χ1v) is 6.76. The molecule has 90 valence electrons. The highest BCUT2D eigenvalue weighted by Crippen LogP contribution is 2.39. The van der Waals surface area contributed by atoms with Crippen LogP contribution in [0.15, 0.2) is 22.7 Å². The van der Waals surface area contributed by atoms with E-state index in [0.29, 0.717) is 6.42 Å². The molecular formula is C13H15BrN2O. The largest absolute Gasteiger partial charge is 0.351 e. The zero-order valence-electron chi connectivity index (χ0n) is 9.50. The van der Waals surface area contributed by atoms with Crippen molar-refractivity contribution in [2.45, 2.75) is 37.3 Å². The number of fused-ring (bicyclic) bond motifs is 3. The van der Waals surface area contributed by atoms with E-state index in [0.717, 1.165) is 23.7 Å². The molecule has 1 fully saturated rings. The molecule has 1 heterocycles. The monoisotopic (exact) mass is 294 g/mol. The lowest BCUT2D eigenvalue weighted by Gasteiger charge is -2.46. The standard InChI is InChI=1S/C13H15BrN2O/c14-9-2-3-10-8(7-9)1-4-11-13(10,15)6-5-12(17)16-11/h2-3,7,11H,1,4-6,15H2,(H,16,17)/t11?,13-/m0/s1. The number of aryl methyl sites for hydroxylation is 1. The van der Waals surface area contributed by atoms with Gasteiger partial charge in [-0.15, -0.1) is 0 Å². The molecule has 3 rings (SSSR count). The van der Waals surface area contributed by atoms with E-state index < -0.39 is 0 Å². The fourth-order valence-electron chi connectivity index (χ4n) is 3.07. The fourth-order valence-corrected chi connectivity index (χ4v) is 3.47. The second kappa shape index (κ2) is 3.82. The fraction of sp³-hybridized carbons (Fsp3) is 0.462. The summed E-state index contributed by atoms with van der Waals surface area (Å²) in [7, 11) is 0. The molecule has 1 amide bonds. The van der Waals surface area contributed by atoms with Crippen molar-refractivity contribution >= 4 is 21.8 Å². The normalized spacial score (nSPS) is 31.4. The Balaban J connectivity index is 2.07. The summed E-state index contributed by atoms with van der Waals surface area (Å²) in [6, 6.07) is 6.38. The number of hydrogen-bond acceptors (Lipinski definition) is 2. The van der Waals surface area contributed by atoms with Gasteiger partial charge in [-0.3, -0.25) is 4.79 Å². The summed E-state index contributed by atoms with van der Waals surface area (Å²) in [4.78, 5) is 11.5. The average Bonchev–Trinajstić information content (AvgIpc) is 2.30. The van der Waals surface area contributed by atoms with Crippen LogP contribution in [0.5, 0.6) is 0 Å². The van der Waals surface area contributed by atoms with Crippen LogP contribution in [0.4, 0.5) is 0 Å². The van der Waals surface area contributed by atoms with Gasteiger partial charge in [-0.1, -0.05) is 22.0 Å². The number of nitrogens with one attached hydrogen (secondary N) is 1. The van der Waals surface area contributed by atoms with Gasteiger partial charge in [0.25, 0.3) is 0 Å². The Bertz CT molecular complexity index is 488. The maximum atomic E-state index is 11.5. The third kappa shape index (κ3) is 1.70. The molecule has 1 aromatic rings. The first-order valence-electron chi connectivity index (χ1n) is 5.97. The maximum Gasteiger partial charge on any atom is 0.220 e. The van der Waals surface area contributed by atoms with E-state index in [4.69, 9.17) is 5.73 Å². The summed E-state index contributed by atoms with van der Waals surface area (Å²) in [5.74, 6) is 0.136. The third-order valence-corrected chi connectivity index (χ3v) is 4.49. The van der Waals surface area contributed by atoms with E-state index in [2.05, 4.69) is 33.4 Å². The van der Waals surface area contributed by atoms with Gasteiger partial charge in [0, 0.05) is 10.9 Å². The van der Waals surface area contributed by atoms with Gasteiger partial charge in [0.15, 0.2) is 0 Å². The van der Waals surface area contributed by atoms with E-state index in [1.54, 1.807) is 0 Å². The van der Waals surface area contributed by atoms with E-state index in [1.165, 1.54) is 11.1 Å². The Morgan fingerprint density at radius 3 is 3.06 bits per heavy atom. The molecule has 0 bridgehead atoms. The number of piperidine rings is 1. The van der Waals surface area contributed by atoms with Gasteiger partial charge in [-0.05, 0) is 42.5 Å². The summed E-state index contributed by atoms with van der Waals surface area (Å²) in [5.41, 5.74) is 8.71. The molecule has 3 nitrogen and oxygen atoms in total. The van der Waals surface area contributed by atoms with Crippen LogP contribution in [0.25, 0.3) is 0 Å². The van der Waals surface area contributed by atoms with Crippen molar-refractivity contribution < 1.29 is 4.79 Å². The quantitative estimate of drug-likeness (QED) is 0.767. The van der Waals surface area contributed by atoms with E-state index in [9.17, 15) is 4.79 Å². The number of rotatable bonds is 0. The highest BCUT2D eigenvalue weighted by Gasteiger charge is 2.44. The van der Waals surface area contributed by atoms with Crippen molar-refractivity contribution in [2.75, 3.05) is 0 Å². The van der Waals surface area contributed by atoms with Gasteiger partial charge in [0.1, 0.15) is 0 Å². The molecule has 1 aliphatic heterocycles. The lowest BCUT2D eigenvalue weighted by Crippen LogP contribution is -2.61. The predicted octanol–water partition coefficient (Wildman–Crippen LogP) is 1.83. The second-order valence-electron chi connectivity index (χ2n) is 5.00. The van der Waals surface area contributed by atoms with Crippen LogP contribution in [-0.2, 0) is 16.8 Å².